The minimum atomic E-state index is -2.89. The fourth-order valence-electron chi connectivity index (χ4n) is 4.30. The quantitative estimate of drug-likeness (QED) is 0.172. The molecule has 0 aromatic rings. The molecular weight excluding hydrogens is 456 g/mol. The van der Waals surface area contributed by atoms with E-state index in [-0.39, 0.29) is 0 Å². The van der Waals surface area contributed by atoms with E-state index >= 15 is 0 Å². The summed E-state index contributed by atoms with van der Waals surface area (Å²) in [6.45, 7) is -0.377. The molecule has 0 saturated carbocycles. The number of rotatable bonds is 5. The van der Waals surface area contributed by atoms with Gasteiger partial charge in [0.15, 0.2) is 6.29 Å². The molecule has 15 atom stereocenters. The van der Waals surface area contributed by atoms with Gasteiger partial charge in [0.05, 0.1) is 19.3 Å². The molecule has 15 heteroatoms. The molecule has 0 aromatic heterocycles. The lowest BCUT2D eigenvalue weighted by molar-refractivity contribution is -0.419. The molecule has 2 unspecified atom stereocenters. The lowest BCUT2D eigenvalue weighted by Crippen LogP contribution is -2.75. The summed E-state index contributed by atoms with van der Waals surface area (Å²) in [5, 5.41) is 111. The maximum Gasteiger partial charge on any atom is 0.225 e. The third-order valence-corrected chi connectivity index (χ3v) is 6.37. The summed E-state index contributed by atoms with van der Waals surface area (Å²) in [4.78, 5) is 0. The summed E-state index contributed by atoms with van der Waals surface area (Å²) >= 11 is 0. The Kier molecular flexibility index (Phi) is 8.32. The van der Waals surface area contributed by atoms with E-state index in [1.54, 1.807) is 0 Å². The van der Waals surface area contributed by atoms with Crippen LogP contribution in [0.1, 0.15) is 6.92 Å². The molecule has 33 heavy (non-hydrogen) atoms. The van der Waals surface area contributed by atoms with Crippen LogP contribution < -0.4 is 0 Å². The van der Waals surface area contributed by atoms with Gasteiger partial charge < -0.3 is 75.1 Å². The SMILES string of the molecule is C[C@@H]1OC(C2(O)O[C@@H](CO)[C@H](O[C@H]3O[C@@H](CO)[C@@H](O)[C@@H](O)[C@@H]3O)[C@@H](O)[C@@H]2O)[C@H](O)[C@H](O)[C@H]1O. The van der Waals surface area contributed by atoms with Crippen molar-refractivity contribution in [2.24, 2.45) is 0 Å². The molecular formula is C18H32O15. The number of ether oxygens (including phenoxy) is 4. The molecule has 3 aliphatic heterocycles. The van der Waals surface area contributed by atoms with Gasteiger partial charge in [0.25, 0.3) is 0 Å². The van der Waals surface area contributed by atoms with Crippen LogP contribution in [0.2, 0.25) is 0 Å². The maximum absolute atomic E-state index is 11.0. The van der Waals surface area contributed by atoms with Gasteiger partial charge in [0.1, 0.15) is 73.2 Å². The van der Waals surface area contributed by atoms with E-state index in [4.69, 9.17) is 18.9 Å². The van der Waals surface area contributed by atoms with Gasteiger partial charge in [-0.15, -0.1) is 0 Å². The lowest BCUT2D eigenvalue weighted by atomic mass is 9.83. The fraction of sp³-hybridized carbons (Fsp3) is 1.00. The normalized spacial score (nSPS) is 56.0. The van der Waals surface area contributed by atoms with Crippen molar-refractivity contribution in [1.82, 2.24) is 0 Å². The fourth-order valence-corrected chi connectivity index (χ4v) is 4.30. The van der Waals surface area contributed by atoms with Crippen LogP contribution in [0.15, 0.2) is 0 Å². The van der Waals surface area contributed by atoms with Crippen molar-refractivity contribution < 1.29 is 75.1 Å². The Bertz CT molecular complexity index is 650. The number of hydrogen-bond acceptors (Lipinski definition) is 15. The van der Waals surface area contributed by atoms with Gasteiger partial charge in [0.2, 0.25) is 5.79 Å². The van der Waals surface area contributed by atoms with E-state index in [0.29, 0.717) is 0 Å². The molecule has 3 heterocycles. The zero-order valence-electron chi connectivity index (χ0n) is 17.5. The lowest BCUT2D eigenvalue weighted by Gasteiger charge is -2.53. The van der Waals surface area contributed by atoms with Crippen molar-refractivity contribution in [1.29, 1.82) is 0 Å². The topological polar surface area (TPSA) is 259 Å². The molecule has 194 valence electrons. The van der Waals surface area contributed by atoms with E-state index in [2.05, 4.69) is 0 Å². The number of aliphatic hydroxyl groups excluding tert-OH is 10. The van der Waals surface area contributed by atoms with E-state index in [1.807, 2.05) is 0 Å². The summed E-state index contributed by atoms with van der Waals surface area (Å²) in [7, 11) is 0. The molecule has 3 saturated heterocycles. The molecule has 15 nitrogen and oxygen atoms in total. The predicted octanol–water partition coefficient (Wildman–Crippen LogP) is -7.16. The van der Waals surface area contributed by atoms with Gasteiger partial charge in [-0.25, -0.2) is 0 Å². The average molecular weight is 488 g/mol. The molecule has 3 fully saturated rings. The Morgan fingerprint density at radius 2 is 1.27 bits per heavy atom. The van der Waals surface area contributed by atoms with Crippen LogP contribution >= 0.6 is 0 Å². The molecule has 3 aliphatic rings. The van der Waals surface area contributed by atoms with Crippen LogP contribution in [0.5, 0.6) is 0 Å². The first kappa shape index (κ1) is 27.0. The molecule has 0 aromatic carbocycles. The second-order valence-corrected chi connectivity index (χ2v) is 8.56. The van der Waals surface area contributed by atoms with Gasteiger partial charge in [-0.1, -0.05) is 0 Å². The van der Waals surface area contributed by atoms with Gasteiger partial charge in [-0.05, 0) is 6.92 Å². The molecule has 0 amide bonds. The van der Waals surface area contributed by atoms with Gasteiger partial charge in [-0.2, -0.15) is 0 Å². The summed E-state index contributed by atoms with van der Waals surface area (Å²) in [6, 6.07) is 0. The van der Waals surface area contributed by atoms with Crippen LogP contribution in [-0.2, 0) is 18.9 Å². The van der Waals surface area contributed by atoms with E-state index in [1.165, 1.54) is 6.92 Å². The Labute approximate surface area is 187 Å². The highest BCUT2D eigenvalue weighted by atomic mass is 16.7. The number of aliphatic hydroxyl groups is 11. The first-order valence-corrected chi connectivity index (χ1v) is 10.4. The third-order valence-electron chi connectivity index (χ3n) is 6.37. The van der Waals surface area contributed by atoms with Crippen molar-refractivity contribution in [3.05, 3.63) is 0 Å². The van der Waals surface area contributed by atoms with Crippen LogP contribution in [0.4, 0.5) is 0 Å². The van der Waals surface area contributed by atoms with Crippen LogP contribution in [-0.4, -0.2) is 161 Å². The summed E-state index contributed by atoms with van der Waals surface area (Å²) < 4.78 is 21.2. The average Bonchev–Trinajstić information content (AvgIpc) is 2.80. The summed E-state index contributed by atoms with van der Waals surface area (Å²) in [6.07, 6.45) is -24.4. The molecule has 3 rings (SSSR count). The number of hydrogen-bond donors (Lipinski definition) is 11. The third kappa shape index (κ3) is 4.65. The Morgan fingerprint density at radius 1 is 0.697 bits per heavy atom. The van der Waals surface area contributed by atoms with Crippen molar-refractivity contribution in [2.75, 3.05) is 13.2 Å². The first-order chi connectivity index (χ1) is 15.4. The molecule has 0 spiro atoms. The summed E-state index contributed by atoms with van der Waals surface area (Å²) in [5.74, 6) is -2.89. The van der Waals surface area contributed by atoms with E-state index in [0.717, 1.165) is 0 Å². The zero-order chi connectivity index (χ0) is 24.8. The maximum atomic E-state index is 11.0. The van der Waals surface area contributed by atoms with Crippen molar-refractivity contribution in [3.63, 3.8) is 0 Å². The Hall–Kier alpha value is -0.600. The van der Waals surface area contributed by atoms with Gasteiger partial charge in [0, 0.05) is 0 Å². The summed E-state index contributed by atoms with van der Waals surface area (Å²) in [5.41, 5.74) is 0. The standard InChI is InChI=1S/C18H32O15/c1-4-7(21)9(23)11(25)16(30-4)18(29)15(28)13(27)14(6(3-20)33-18)32-17-12(26)10(24)8(22)5(2-19)31-17/h4-17,19-29H,2-3H2,1H3/t4-,5-,6-,7-,8+,9+,10+,11+,12-,13+,14-,15-,16?,17+,18?/m0/s1. The Balaban J connectivity index is 1.82. The van der Waals surface area contributed by atoms with Crippen LogP contribution in [0.25, 0.3) is 0 Å². The second kappa shape index (κ2) is 10.2. The highest BCUT2D eigenvalue weighted by Gasteiger charge is 2.63. The molecule has 0 radical (unpaired) electrons. The van der Waals surface area contributed by atoms with Crippen LogP contribution in [0, 0.1) is 0 Å². The monoisotopic (exact) mass is 488 g/mol. The predicted molar refractivity (Wildman–Crippen MR) is 99.9 cm³/mol. The van der Waals surface area contributed by atoms with Crippen molar-refractivity contribution in [2.45, 2.75) is 98.4 Å². The van der Waals surface area contributed by atoms with Crippen molar-refractivity contribution >= 4 is 0 Å². The van der Waals surface area contributed by atoms with E-state index in [9.17, 15) is 56.2 Å². The van der Waals surface area contributed by atoms with Crippen molar-refractivity contribution in [3.8, 4) is 0 Å². The first-order valence-electron chi connectivity index (χ1n) is 10.4. The molecule has 0 bridgehead atoms. The second-order valence-electron chi connectivity index (χ2n) is 8.56. The Morgan fingerprint density at radius 3 is 1.85 bits per heavy atom. The van der Waals surface area contributed by atoms with Gasteiger partial charge in [-0.3, -0.25) is 0 Å². The minimum absolute atomic E-state index is 0.760. The zero-order valence-corrected chi connectivity index (χ0v) is 17.5. The van der Waals surface area contributed by atoms with E-state index < -0.39 is 105 Å². The molecule has 0 aliphatic carbocycles. The molecule has 11 N–H and O–H groups in total. The smallest absolute Gasteiger partial charge is 0.225 e. The minimum Gasteiger partial charge on any atom is -0.394 e. The highest BCUT2D eigenvalue weighted by Crippen LogP contribution is 2.39. The largest absolute Gasteiger partial charge is 0.394 e. The highest BCUT2D eigenvalue weighted by molar-refractivity contribution is 5.06. The van der Waals surface area contributed by atoms with Gasteiger partial charge >= 0.3 is 0 Å². The van der Waals surface area contributed by atoms with Crippen LogP contribution in [0.3, 0.4) is 0 Å².